The van der Waals surface area contributed by atoms with Crippen LogP contribution in [-0.2, 0) is 5.48 Å². The van der Waals surface area contributed by atoms with E-state index in [0.717, 1.165) is 0 Å². The minimum absolute atomic E-state index is 0. The minimum atomic E-state index is 0. The van der Waals surface area contributed by atoms with Crippen molar-refractivity contribution in [3.8, 4) is 0 Å². The molecule has 0 aliphatic carbocycles. The van der Waals surface area contributed by atoms with Crippen LogP contribution in [0.5, 0.6) is 0 Å². The van der Waals surface area contributed by atoms with Crippen molar-refractivity contribution in [1.29, 1.82) is 0 Å². The summed E-state index contributed by atoms with van der Waals surface area (Å²) in [5, 5.41) is 0. The fourth-order valence-electron chi connectivity index (χ4n) is 0. The molecule has 0 amide bonds. The zero-order valence-electron chi connectivity index (χ0n) is 1.36. The standard InChI is InChI=1S/Dy.Ho.O.Tb/q2*+3;-2;+3. The molecule has 0 aromatic rings. The van der Waals surface area contributed by atoms with Gasteiger partial charge in [-0.05, 0) is 0 Å². The zero-order chi connectivity index (χ0) is 0. The SMILES string of the molecule is [Dy+3].[Ho+3].[O-2].[Tb+3]. The molecule has 0 bridgehead atoms. The van der Waals surface area contributed by atoms with Crippen molar-refractivity contribution in [3.63, 3.8) is 0 Å². The van der Waals surface area contributed by atoms with Crippen molar-refractivity contribution < 1.29 is 120 Å². The van der Waals surface area contributed by atoms with Crippen LogP contribution in [0.1, 0.15) is 0 Å². The molecule has 0 aliphatic rings. The number of hydrogen-bond donors (Lipinski definition) is 0. The average molecular weight is 502 g/mol. The Hall–Kier alpha value is 3.78. The van der Waals surface area contributed by atoms with Crippen molar-refractivity contribution in [1.82, 2.24) is 0 Å². The van der Waals surface area contributed by atoms with Crippen LogP contribution in [0.3, 0.4) is 0 Å². The molecule has 4 heavy (non-hydrogen) atoms. The van der Waals surface area contributed by atoms with Gasteiger partial charge in [-0.2, -0.15) is 0 Å². The summed E-state index contributed by atoms with van der Waals surface area (Å²) in [5.41, 5.74) is 0. The molecule has 0 aromatic heterocycles. The van der Waals surface area contributed by atoms with E-state index < -0.39 is 0 Å². The van der Waals surface area contributed by atoms with Crippen molar-refractivity contribution >= 4 is 0 Å². The fraction of sp³-hybridized carbons (Fsp3) is 0. The predicted octanol–water partition coefficient (Wildman–Crippen LogP) is -0.119. The Morgan fingerprint density at radius 2 is 1.00 bits per heavy atom. The third-order valence-corrected chi connectivity index (χ3v) is 0. The van der Waals surface area contributed by atoms with Crippen molar-refractivity contribution in [2.75, 3.05) is 0 Å². The third-order valence-electron chi connectivity index (χ3n) is 0. The summed E-state index contributed by atoms with van der Waals surface area (Å²) in [6.45, 7) is 0. The quantitative estimate of drug-likeness (QED) is 0.414. The zero-order valence-corrected chi connectivity index (χ0v) is 7.46. The summed E-state index contributed by atoms with van der Waals surface area (Å²) in [6.07, 6.45) is 0. The van der Waals surface area contributed by atoms with Crippen LogP contribution in [0.4, 0.5) is 0 Å². The first-order chi connectivity index (χ1) is 0. The van der Waals surface area contributed by atoms with Gasteiger partial charge < -0.3 is 5.48 Å². The molecule has 0 aliphatic heterocycles. The van der Waals surface area contributed by atoms with Gasteiger partial charge in [0.15, 0.2) is 0 Å². The van der Waals surface area contributed by atoms with Crippen LogP contribution < -0.4 is 0 Å². The van der Waals surface area contributed by atoms with Crippen molar-refractivity contribution in [2.24, 2.45) is 0 Å². The van der Waals surface area contributed by atoms with Gasteiger partial charge in [-0.15, -0.1) is 0 Å². The second-order valence-corrected chi connectivity index (χ2v) is 0. The van der Waals surface area contributed by atoms with Crippen molar-refractivity contribution in [3.05, 3.63) is 0 Å². The van der Waals surface area contributed by atoms with Crippen LogP contribution in [-0.4, -0.2) is 0 Å². The van der Waals surface area contributed by atoms with E-state index in [0.29, 0.717) is 0 Å². The summed E-state index contributed by atoms with van der Waals surface area (Å²) in [7, 11) is 0. The molecule has 0 N–H and O–H groups in total. The van der Waals surface area contributed by atoms with E-state index in [2.05, 4.69) is 0 Å². The fourth-order valence-corrected chi connectivity index (χ4v) is 0. The number of hydrogen-bond acceptors (Lipinski definition) is 0. The predicted molar refractivity (Wildman–Crippen MR) is 0.686 cm³/mol. The molecule has 1 nitrogen and oxygen atoms in total. The van der Waals surface area contributed by atoms with Gasteiger partial charge >= 0.3 is 115 Å². The van der Waals surface area contributed by atoms with Crippen LogP contribution in [0, 0.1) is 115 Å². The maximum atomic E-state index is 0. The van der Waals surface area contributed by atoms with E-state index in [-0.39, 0.29) is 120 Å². The molecular formula is DyHoOTb+7. The van der Waals surface area contributed by atoms with Gasteiger partial charge in [0, 0.05) is 0 Å². The molecule has 0 atom stereocenters. The van der Waals surface area contributed by atoms with E-state index in [4.69, 9.17) is 0 Å². The van der Waals surface area contributed by atoms with Gasteiger partial charge in [-0.25, -0.2) is 0 Å². The van der Waals surface area contributed by atoms with Crippen LogP contribution in [0.25, 0.3) is 0 Å². The topological polar surface area (TPSA) is 28.5 Å². The van der Waals surface area contributed by atoms with Crippen LogP contribution >= 0.6 is 0 Å². The maximum Gasteiger partial charge on any atom is 3.00 e. The van der Waals surface area contributed by atoms with Gasteiger partial charge in [-0.3, -0.25) is 0 Å². The monoisotopic (exact) mass is 504 g/mol. The third kappa shape index (κ3) is 9.24. The second kappa shape index (κ2) is 15.9. The van der Waals surface area contributed by atoms with Gasteiger partial charge in [0.25, 0.3) is 0 Å². The summed E-state index contributed by atoms with van der Waals surface area (Å²) < 4.78 is 0. The Labute approximate surface area is 116 Å². The Balaban J connectivity index is 0. The summed E-state index contributed by atoms with van der Waals surface area (Å²) in [6, 6.07) is 0. The van der Waals surface area contributed by atoms with Crippen LogP contribution in [0.2, 0.25) is 0 Å². The maximum absolute atomic E-state index is 0. The Morgan fingerprint density at radius 3 is 1.00 bits per heavy atom. The van der Waals surface area contributed by atoms with Gasteiger partial charge in [0.2, 0.25) is 0 Å². The molecule has 0 rings (SSSR count). The average Bonchev–Trinajstić information content (AvgIpc) is 0. The molecule has 0 saturated heterocycles. The molecule has 0 aromatic carbocycles. The largest absolute Gasteiger partial charge is 3.00 e. The second-order valence-electron chi connectivity index (χ2n) is 0. The molecule has 0 saturated carbocycles. The normalized spacial score (nSPS) is 0. The molecule has 0 spiro atoms. The molecule has 0 heterocycles. The molecule has 1 radical (unpaired) electrons. The first-order valence-corrected chi connectivity index (χ1v) is 0. The molecule has 0 fully saturated rings. The van der Waals surface area contributed by atoms with E-state index in [1.54, 1.807) is 0 Å². The Kier molecular flexibility index (Phi) is 99.2. The van der Waals surface area contributed by atoms with E-state index in [1.807, 2.05) is 0 Å². The first-order valence-electron chi connectivity index (χ1n) is 0. The van der Waals surface area contributed by atoms with Crippen molar-refractivity contribution in [2.45, 2.75) is 0 Å². The molecule has 29 valence electrons. The van der Waals surface area contributed by atoms with Crippen LogP contribution in [0.15, 0.2) is 0 Å². The molecular weight excluding hydrogens is 502 g/mol. The van der Waals surface area contributed by atoms with Gasteiger partial charge in [-0.1, -0.05) is 0 Å². The van der Waals surface area contributed by atoms with E-state index in [1.165, 1.54) is 0 Å². The number of rotatable bonds is 0. The van der Waals surface area contributed by atoms with E-state index in [9.17, 15) is 0 Å². The minimum Gasteiger partial charge on any atom is -2.00 e. The Morgan fingerprint density at radius 1 is 1.00 bits per heavy atom. The van der Waals surface area contributed by atoms with Gasteiger partial charge in [0.1, 0.15) is 0 Å². The first kappa shape index (κ1) is 25.0. The smallest absolute Gasteiger partial charge is 2.00 e. The summed E-state index contributed by atoms with van der Waals surface area (Å²) in [4.78, 5) is 0. The summed E-state index contributed by atoms with van der Waals surface area (Å²) in [5.74, 6) is 0. The molecule has 0 unspecified atom stereocenters. The molecule has 4 heteroatoms. The van der Waals surface area contributed by atoms with E-state index >= 15 is 0 Å². The van der Waals surface area contributed by atoms with Gasteiger partial charge in [0.05, 0.1) is 0 Å². The summed E-state index contributed by atoms with van der Waals surface area (Å²) >= 11 is 0. The Bertz CT molecular complexity index is 8.00.